The summed E-state index contributed by atoms with van der Waals surface area (Å²) in [7, 11) is 0. The smallest absolute Gasteiger partial charge is 0.281 e. The first-order valence-electron chi connectivity index (χ1n) is 10.4. The summed E-state index contributed by atoms with van der Waals surface area (Å²) in [4.78, 5) is 32.6. The summed E-state index contributed by atoms with van der Waals surface area (Å²) in [5, 5.41) is 2.34. The summed E-state index contributed by atoms with van der Waals surface area (Å²) in [6.45, 7) is 6.63. The molecule has 0 radical (unpaired) electrons. The van der Waals surface area contributed by atoms with Crippen LogP contribution in [0.25, 0.3) is 11.3 Å². The van der Waals surface area contributed by atoms with Gasteiger partial charge in [0.1, 0.15) is 11.5 Å². The number of carbonyl (C=O) groups excluding carboxylic acids is 1. The standard InChI is InChI=1S/C20H23F2N7O3/c1-12(30)24-18-23-7-13(16(27-18)17(21)22)14-6-15(29-8-20(9-29)10-32-11-20)26-19(25-14)28-2-4-31-5-3-28/h6-7,17H,2-5,8-11H2,1H3,(H,23,24,27,30). The molecule has 12 heteroatoms. The Hall–Kier alpha value is -2.99. The Bertz CT molecular complexity index is 1020. The minimum absolute atomic E-state index is 0.106. The number of aromatic nitrogens is 4. The van der Waals surface area contributed by atoms with Gasteiger partial charge in [0, 0.05) is 50.9 Å². The Labute approximate surface area is 183 Å². The maximum absolute atomic E-state index is 13.9. The second-order valence-electron chi connectivity index (χ2n) is 8.33. The van der Waals surface area contributed by atoms with Crippen molar-refractivity contribution in [2.45, 2.75) is 13.3 Å². The van der Waals surface area contributed by atoms with Gasteiger partial charge in [-0.05, 0) is 0 Å². The number of carbonyl (C=O) groups is 1. The van der Waals surface area contributed by atoms with Crippen LogP contribution < -0.4 is 15.1 Å². The summed E-state index contributed by atoms with van der Waals surface area (Å²) in [6.07, 6.45) is -1.60. The van der Waals surface area contributed by atoms with Gasteiger partial charge in [-0.1, -0.05) is 0 Å². The Morgan fingerprint density at radius 3 is 2.50 bits per heavy atom. The van der Waals surface area contributed by atoms with Crippen LogP contribution in [0.2, 0.25) is 0 Å². The minimum atomic E-state index is -2.87. The Kier molecular flexibility index (Phi) is 5.33. The fourth-order valence-electron chi connectivity index (χ4n) is 4.10. The van der Waals surface area contributed by atoms with E-state index in [2.05, 4.69) is 25.2 Å². The molecule has 2 aromatic heterocycles. The van der Waals surface area contributed by atoms with Gasteiger partial charge in [0.05, 0.1) is 37.5 Å². The number of nitrogens with one attached hydrogen (secondary N) is 1. The summed E-state index contributed by atoms with van der Waals surface area (Å²) in [5.74, 6) is 0.510. The number of morpholine rings is 1. The number of halogens is 2. The lowest BCUT2D eigenvalue weighted by Crippen LogP contribution is -2.66. The first kappa shape index (κ1) is 20.9. The number of nitrogens with zero attached hydrogens (tertiary/aromatic N) is 6. The molecule has 1 N–H and O–H groups in total. The lowest BCUT2D eigenvalue weighted by molar-refractivity contribution is -0.127. The molecule has 0 atom stereocenters. The highest BCUT2D eigenvalue weighted by Crippen LogP contribution is 2.41. The van der Waals surface area contributed by atoms with Gasteiger partial charge in [-0.3, -0.25) is 10.1 Å². The van der Waals surface area contributed by atoms with Gasteiger partial charge in [-0.15, -0.1) is 0 Å². The van der Waals surface area contributed by atoms with Crippen molar-refractivity contribution in [1.82, 2.24) is 19.9 Å². The fraction of sp³-hybridized carbons (Fsp3) is 0.550. The molecule has 0 bridgehead atoms. The predicted octanol–water partition coefficient (Wildman–Crippen LogP) is 1.50. The molecule has 5 heterocycles. The topological polar surface area (TPSA) is 106 Å². The zero-order chi connectivity index (χ0) is 22.3. The SMILES string of the molecule is CC(=O)Nc1ncc(-c2cc(N3CC4(COC4)C3)nc(N3CCOCC3)n2)c(C(F)F)n1. The van der Waals surface area contributed by atoms with Crippen molar-refractivity contribution in [3.8, 4) is 11.3 Å². The minimum Gasteiger partial charge on any atom is -0.380 e. The molecule has 2 aromatic rings. The van der Waals surface area contributed by atoms with Gasteiger partial charge in [0.2, 0.25) is 17.8 Å². The van der Waals surface area contributed by atoms with Crippen LogP contribution >= 0.6 is 0 Å². The molecule has 3 aliphatic rings. The van der Waals surface area contributed by atoms with Gasteiger partial charge in [-0.2, -0.15) is 4.98 Å². The van der Waals surface area contributed by atoms with Gasteiger partial charge in [0.15, 0.2) is 0 Å². The maximum Gasteiger partial charge on any atom is 0.281 e. The van der Waals surface area contributed by atoms with Crippen molar-refractivity contribution in [3.63, 3.8) is 0 Å². The second-order valence-corrected chi connectivity index (χ2v) is 8.33. The highest BCUT2D eigenvalue weighted by Gasteiger charge is 2.49. The Morgan fingerprint density at radius 1 is 1.12 bits per heavy atom. The predicted molar refractivity (Wildman–Crippen MR) is 111 cm³/mol. The fourth-order valence-corrected chi connectivity index (χ4v) is 4.10. The highest BCUT2D eigenvalue weighted by atomic mass is 19.3. The molecule has 170 valence electrons. The third-order valence-electron chi connectivity index (χ3n) is 5.78. The van der Waals surface area contributed by atoms with E-state index in [1.54, 1.807) is 6.07 Å². The van der Waals surface area contributed by atoms with Crippen LogP contribution in [0.3, 0.4) is 0 Å². The lowest BCUT2D eigenvalue weighted by atomic mass is 9.78. The van der Waals surface area contributed by atoms with Crippen molar-refractivity contribution in [2.24, 2.45) is 5.41 Å². The zero-order valence-electron chi connectivity index (χ0n) is 17.6. The van der Waals surface area contributed by atoms with E-state index in [4.69, 9.17) is 14.5 Å². The van der Waals surface area contributed by atoms with Crippen LogP contribution in [0.15, 0.2) is 12.3 Å². The lowest BCUT2D eigenvalue weighted by Gasteiger charge is -2.55. The number of amides is 1. The number of alkyl halides is 2. The van der Waals surface area contributed by atoms with Gasteiger partial charge >= 0.3 is 0 Å². The van der Waals surface area contributed by atoms with Crippen LogP contribution in [0.1, 0.15) is 19.0 Å². The highest BCUT2D eigenvalue weighted by molar-refractivity contribution is 5.86. The summed E-state index contributed by atoms with van der Waals surface area (Å²) < 4.78 is 38.5. The van der Waals surface area contributed by atoms with Crippen molar-refractivity contribution in [3.05, 3.63) is 18.0 Å². The van der Waals surface area contributed by atoms with E-state index < -0.39 is 18.0 Å². The van der Waals surface area contributed by atoms with Gasteiger partial charge in [-0.25, -0.2) is 23.7 Å². The van der Waals surface area contributed by atoms with E-state index in [1.807, 2.05) is 4.90 Å². The molecule has 3 saturated heterocycles. The monoisotopic (exact) mass is 447 g/mol. The summed E-state index contributed by atoms with van der Waals surface area (Å²) >= 11 is 0. The van der Waals surface area contributed by atoms with Crippen molar-refractivity contribution >= 4 is 23.6 Å². The number of ether oxygens (including phenoxy) is 2. The average molecular weight is 447 g/mol. The van der Waals surface area contributed by atoms with Gasteiger partial charge < -0.3 is 19.3 Å². The zero-order valence-corrected chi connectivity index (χ0v) is 17.6. The molecular formula is C20H23F2N7O3. The molecule has 1 spiro atoms. The Balaban J connectivity index is 1.53. The number of hydrogen-bond donors (Lipinski definition) is 1. The van der Waals surface area contributed by atoms with Crippen molar-refractivity contribution < 1.29 is 23.0 Å². The maximum atomic E-state index is 13.9. The first-order valence-corrected chi connectivity index (χ1v) is 10.4. The first-order chi connectivity index (χ1) is 15.4. The van der Waals surface area contributed by atoms with Crippen LogP contribution in [-0.2, 0) is 14.3 Å². The molecule has 0 saturated carbocycles. The molecule has 5 rings (SSSR count). The van der Waals surface area contributed by atoms with E-state index in [0.717, 1.165) is 26.3 Å². The molecule has 0 aliphatic carbocycles. The van der Waals surface area contributed by atoms with Crippen molar-refractivity contribution in [2.75, 3.05) is 67.7 Å². The van der Waals surface area contributed by atoms with Crippen LogP contribution in [0.5, 0.6) is 0 Å². The number of anilines is 3. The van der Waals surface area contributed by atoms with E-state index in [1.165, 1.54) is 13.1 Å². The van der Waals surface area contributed by atoms with Crippen LogP contribution in [0.4, 0.5) is 26.5 Å². The Morgan fingerprint density at radius 2 is 1.88 bits per heavy atom. The van der Waals surface area contributed by atoms with Crippen LogP contribution in [-0.4, -0.2) is 78.4 Å². The van der Waals surface area contributed by atoms with Crippen molar-refractivity contribution in [1.29, 1.82) is 0 Å². The average Bonchev–Trinajstić information content (AvgIpc) is 2.71. The van der Waals surface area contributed by atoms with E-state index in [9.17, 15) is 13.6 Å². The summed E-state index contributed by atoms with van der Waals surface area (Å²) in [6, 6.07) is 1.69. The second kappa shape index (κ2) is 8.17. The molecular weight excluding hydrogens is 424 g/mol. The largest absolute Gasteiger partial charge is 0.380 e. The van der Waals surface area contributed by atoms with E-state index >= 15 is 0 Å². The van der Waals surface area contributed by atoms with E-state index in [0.29, 0.717) is 43.8 Å². The summed E-state index contributed by atoms with van der Waals surface area (Å²) in [5.41, 5.74) is 0.0943. The molecule has 3 aliphatic heterocycles. The molecule has 0 unspecified atom stereocenters. The number of hydrogen-bond acceptors (Lipinski definition) is 9. The third kappa shape index (κ3) is 3.95. The molecule has 1 amide bonds. The quantitative estimate of drug-likeness (QED) is 0.730. The number of rotatable bonds is 5. The normalized spacial score (nSPS) is 19.6. The van der Waals surface area contributed by atoms with E-state index in [-0.39, 0.29) is 16.9 Å². The molecule has 32 heavy (non-hydrogen) atoms. The van der Waals surface area contributed by atoms with Gasteiger partial charge in [0.25, 0.3) is 6.43 Å². The molecule has 0 aromatic carbocycles. The molecule has 10 nitrogen and oxygen atoms in total. The van der Waals surface area contributed by atoms with Crippen LogP contribution in [0, 0.1) is 5.41 Å². The molecule has 3 fully saturated rings. The third-order valence-corrected chi connectivity index (χ3v) is 5.78.